The van der Waals surface area contributed by atoms with E-state index in [1.165, 1.54) is 24.0 Å². The first-order valence-electron chi connectivity index (χ1n) is 9.77. The number of guanidine groups is 1. The predicted molar refractivity (Wildman–Crippen MR) is 102 cm³/mol. The van der Waals surface area contributed by atoms with Crippen molar-refractivity contribution < 1.29 is 4.74 Å². The van der Waals surface area contributed by atoms with E-state index in [2.05, 4.69) is 62.6 Å². The van der Waals surface area contributed by atoms with E-state index in [1.54, 1.807) is 0 Å². The Balaban J connectivity index is 1.40. The summed E-state index contributed by atoms with van der Waals surface area (Å²) >= 11 is 0. The monoisotopic (exact) mass is 341 g/mol. The van der Waals surface area contributed by atoms with Gasteiger partial charge in [-0.2, -0.15) is 0 Å². The lowest BCUT2D eigenvalue weighted by Gasteiger charge is -2.55. The lowest BCUT2D eigenvalue weighted by atomic mass is 9.57. The van der Waals surface area contributed by atoms with Crippen molar-refractivity contribution in [3.8, 4) is 0 Å². The number of ether oxygens (including phenoxy) is 1. The van der Waals surface area contributed by atoms with Gasteiger partial charge in [-0.1, -0.05) is 38.1 Å². The van der Waals surface area contributed by atoms with Crippen LogP contribution in [0.2, 0.25) is 0 Å². The molecule has 25 heavy (non-hydrogen) atoms. The second-order valence-electron chi connectivity index (χ2n) is 8.46. The van der Waals surface area contributed by atoms with Crippen LogP contribution in [0.1, 0.15) is 50.7 Å². The van der Waals surface area contributed by atoms with Crippen LogP contribution in [0.5, 0.6) is 0 Å². The fraction of sp³-hybridized carbons (Fsp3) is 0.667. The summed E-state index contributed by atoms with van der Waals surface area (Å²) in [7, 11) is 0. The average molecular weight is 341 g/mol. The van der Waals surface area contributed by atoms with Crippen molar-refractivity contribution in [2.45, 2.75) is 64.6 Å². The van der Waals surface area contributed by atoms with Crippen LogP contribution in [-0.2, 0) is 4.74 Å². The Labute approximate surface area is 151 Å². The largest absolute Gasteiger partial charge is 0.377 e. The van der Waals surface area contributed by atoms with Crippen LogP contribution < -0.4 is 10.6 Å². The van der Waals surface area contributed by atoms with Crippen LogP contribution in [0.25, 0.3) is 0 Å². The number of fused-ring (bicyclic) bond motifs is 1. The van der Waals surface area contributed by atoms with E-state index in [0.717, 1.165) is 19.1 Å². The van der Waals surface area contributed by atoms with Crippen molar-refractivity contribution in [3.05, 3.63) is 35.4 Å². The SMILES string of the molecule is CCN=C(NC1CC1c1ccccc1C)NC1C2CCOC2C1(C)C. The van der Waals surface area contributed by atoms with Crippen molar-refractivity contribution >= 4 is 5.96 Å². The Kier molecular flexibility index (Phi) is 4.27. The molecule has 5 unspecified atom stereocenters. The molecular weight excluding hydrogens is 310 g/mol. The molecule has 0 amide bonds. The Morgan fingerprint density at radius 3 is 2.84 bits per heavy atom. The van der Waals surface area contributed by atoms with Crippen molar-refractivity contribution in [1.82, 2.24) is 10.6 Å². The summed E-state index contributed by atoms with van der Waals surface area (Å²) in [5, 5.41) is 7.42. The van der Waals surface area contributed by atoms with Gasteiger partial charge < -0.3 is 15.4 Å². The fourth-order valence-electron chi connectivity index (χ4n) is 4.93. The highest BCUT2D eigenvalue weighted by molar-refractivity contribution is 5.81. The molecule has 0 bridgehead atoms. The van der Waals surface area contributed by atoms with Crippen molar-refractivity contribution in [3.63, 3.8) is 0 Å². The zero-order chi connectivity index (χ0) is 17.6. The van der Waals surface area contributed by atoms with Crippen LogP contribution in [-0.4, -0.2) is 37.3 Å². The molecule has 4 heteroatoms. The molecule has 4 nitrogen and oxygen atoms in total. The summed E-state index contributed by atoms with van der Waals surface area (Å²) in [5.74, 6) is 2.22. The molecule has 3 aliphatic rings. The highest BCUT2D eigenvalue weighted by Gasteiger charge is 2.59. The molecule has 0 spiro atoms. The van der Waals surface area contributed by atoms with Crippen LogP contribution in [0.4, 0.5) is 0 Å². The summed E-state index contributed by atoms with van der Waals surface area (Å²) in [6, 6.07) is 9.69. The number of hydrogen-bond donors (Lipinski definition) is 2. The Bertz CT molecular complexity index is 669. The molecule has 2 aliphatic carbocycles. The zero-order valence-electron chi connectivity index (χ0n) is 15.9. The Morgan fingerprint density at radius 2 is 2.08 bits per heavy atom. The number of benzene rings is 1. The van der Waals surface area contributed by atoms with E-state index in [9.17, 15) is 0 Å². The lowest BCUT2D eigenvalue weighted by molar-refractivity contribution is -0.106. The van der Waals surface area contributed by atoms with Crippen LogP contribution >= 0.6 is 0 Å². The standard InChI is InChI=1S/C21H31N3O/c1-5-22-20(24-18-15-10-11-25-19(15)21(18,3)4)23-17-12-16(17)14-9-7-6-8-13(14)2/h6-9,15-19H,5,10-12H2,1-4H3,(H2,22,23,24). The quantitative estimate of drug-likeness (QED) is 0.653. The van der Waals surface area contributed by atoms with Gasteiger partial charge in [0.15, 0.2) is 5.96 Å². The van der Waals surface area contributed by atoms with E-state index in [0.29, 0.717) is 30.0 Å². The minimum atomic E-state index is 0.177. The molecule has 2 N–H and O–H groups in total. The van der Waals surface area contributed by atoms with Gasteiger partial charge in [0, 0.05) is 42.5 Å². The number of rotatable bonds is 4. The molecule has 3 fully saturated rings. The Hall–Kier alpha value is -1.55. The van der Waals surface area contributed by atoms with Gasteiger partial charge in [-0.25, -0.2) is 0 Å². The van der Waals surface area contributed by atoms with Gasteiger partial charge in [-0.15, -0.1) is 0 Å². The average Bonchev–Trinajstić information content (AvgIpc) is 3.18. The number of nitrogens with zero attached hydrogens (tertiary/aromatic N) is 1. The minimum Gasteiger partial charge on any atom is -0.377 e. The van der Waals surface area contributed by atoms with Crippen LogP contribution in [0.15, 0.2) is 29.3 Å². The first-order chi connectivity index (χ1) is 12.0. The first kappa shape index (κ1) is 16.9. The van der Waals surface area contributed by atoms with Gasteiger partial charge >= 0.3 is 0 Å². The molecule has 0 aromatic heterocycles. The minimum absolute atomic E-state index is 0.177. The van der Waals surface area contributed by atoms with Gasteiger partial charge in [-0.3, -0.25) is 4.99 Å². The van der Waals surface area contributed by atoms with Crippen molar-refractivity contribution in [2.75, 3.05) is 13.2 Å². The van der Waals surface area contributed by atoms with E-state index < -0.39 is 0 Å². The molecule has 1 aliphatic heterocycles. The van der Waals surface area contributed by atoms with E-state index in [4.69, 9.17) is 9.73 Å². The summed E-state index contributed by atoms with van der Waals surface area (Å²) in [6.07, 6.45) is 2.77. The molecule has 5 atom stereocenters. The van der Waals surface area contributed by atoms with Gasteiger partial charge in [-0.05, 0) is 37.8 Å². The third-order valence-corrected chi connectivity index (χ3v) is 6.41. The van der Waals surface area contributed by atoms with Crippen molar-refractivity contribution in [2.24, 2.45) is 16.3 Å². The third-order valence-electron chi connectivity index (χ3n) is 6.41. The second-order valence-corrected chi connectivity index (χ2v) is 8.46. The third kappa shape index (κ3) is 2.95. The smallest absolute Gasteiger partial charge is 0.191 e. The molecule has 1 aromatic rings. The van der Waals surface area contributed by atoms with Gasteiger partial charge in [0.2, 0.25) is 0 Å². The van der Waals surface area contributed by atoms with E-state index in [1.807, 2.05) is 0 Å². The van der Waals surface area contributed by atoms with E-state index in [-0.39, 0.29) is 5.41 Å². The Morgan fingerprint density at radius 1 is 1.28 bits per heavy atom. The number of aryl methyl sites for hydroxylation is 1. The van der Waals surface area contributed by atoms with Gasteiger partial charge in [0.25, 0.3) is 0 Å². The summed E-state index contributed by atoms with van der Waals surface area (Å²) in [4.78, 5) is 4.71. The number of aliphatic imine (C=N–C) groups is 1. The fourth-order valence-corrected chi connectivity index (χ4v) is 4.93. The maximum absolute atomic E-state index is 5.92. The maximum atomic E-state index is 5.92. The zero-order valence-corrected chi connectivity index (χ0v) is 15.9. The molecule has 4 rings (SSSR count). The molecule has 1 aromatic carbocycles. The van der Waals surface area contributed by atoms with E-state index >= 15 is 0 Å². The topological polar surface area (TPSA) is 45.7 Å². The first-order valence-corrected chi connectivity index (χ1v) is 9.77. The number of hydrogen-bond acceptors (Lipinski definition) is 2. The summed E-state index contributed by atoms with van der Waals surface area (Å²) in [6.45, 7) is 10.6. The molecule has 1 saturated heterocycles. The van der Waals surface area contributed by atoms with Crippen LogP contribution in [0.3, 0.4) is 0 Å². The highest BCUT2D eigenvalue weighted by atomic mass is 16.5. The maximum Gasteiger partial charge on any atom is 0.191 e. The molecule has 1 heterocycles. The number of nitrogens with one attached hydrogen (secondary N) is 2. The molecule has 136 valence electrons. The van der Waals surface area contributed by atoms with Crippen LogP contribution in [0, 0.1) is 18.3 Å². The highest BCUT2D eigenvalue weighted by Crippen LogP contribution is 2.52. The van der Waals surface area contributed by atoms with Gasteiger partial charge in [0.05, 0.1) is 6.10 Å². The summed E-state index contributed by atoms with van der Waals surface area (Å²) < 4.78 is 5.92. The summed E-state index contributed by atoms with van der Waals surface area (Å²) in [5.41, 5.74) is 3.05. The second kappa shape index (κ2) is 6.31. The molecular formula is C21H31N3O. The lowest BCUT2D eigenvalue weighted by Crippen LogP contribution is -2.68. The van der Waals surface area contributed by atoms with Crippen molar-refractivity contribution in [1.29, 1.82) is 0 Å². The predicted octanol–water partition coefficient (Wildman–Crippen LogP) is 3.22. The van der Waals surface area contributed by atoms with Gasteiger partial charge in [0.1, 0.15) is 0 Å². The normalized spacial score (nSPS) is 35.7. The molecule has 2 saturated carbocycles. The molecule has 0 radical (unpaired) electrons.